The molecule has 0 aliphatic carbocycles. The van der Waals surface area contributed by atoms with Gasteiger partial charge in [-0.25, -0.2) is 13.2 Å². The van der Waals surface area contributed by atoms with Crippen molar-refractivity contribution in [3.63, 3.8) is 0 Å². The van der Waals surface area contributed by atoms with Crippen molar-refractivity contribution in [3.05, 3.63) is 11.6 Å². The number of rotatable bonds is 2. The Labute approximate surface area is 95.6 Å². The lowest BCUT2D eigenvalue weighted by atomic mass is 10.1. The monoisotopic (exact) mass is 244 g/mol. The van der Waals surface area contributed by atoms with E-state index in [-0.39, 0.29) is 16.5 Å². The van der Waals surface area contributed by atoms with Crippen LogP contribution in [0.1, 0.15) is 32.6 Å². The SMILES string of the molecule is CCOC(=O)C=C1CC2CCC(C1)S2(=O)=O. The summed E-state index contributed by atoms with van der Waals surface area (Å²) in [5, 5.41) is -0.515. The first kappa shape index (κ1) is 11.6. The van der Waals surface area contributed by atoms with Crippen molar-refractivity contribution in [3.8, 4) is 0 Å². The minimum absolute atomic E-state index is 0.257. The Morgan fingerprint density at radius 3 is 2.44 bits per heavy atom. The molecule has 2 atom stereocenters. The van der Waals surface area contributed by atoms with Crippen LogP contribution in [0.25, 0.3) is 0 Å². The molecule has 2 heterocycles. The molecule has 0 aromatic rings. The van der Waals surface area contributed by atoms with Crippen molar-refractivity contribution in [1.82, 2.24) is 0 Å². The maximum absolute atomic E-state index is 11.8. The number of carbonyl (C=O) groups excluding carboxylic acids is 1. The lowest BCUT2D eigenvalue weighted by molar-refractivity contribution is -0.137. The second-order valence-electron chi connectivity index (χ2n) is 4.37. The molecule has 90 valence electrons. The summed E-state index contributed by atoms with van der Waals surface area (Å²) in [5.41, 5.74) is 0.931. The molecule has 0 amide bonds. The highest BCUT2D eigenvalue weighted by atomic mass is 32.2. The summed E-state index contributed by atoms with van der Waals surface area (Å²) in [5.74, 6) is -0.351. The van der Waals surface area contributed by atoms with Gasteiger partial charge in [0.1, 0.15) is 0 Å². The number of hydrogen-bond donors (Lipinski definition) is 0. The van der Waals surface area contributed by atoms with E-state index in [0.29, 0.717) is 19.4 Å². The van der Waals surface area contributed by atoms with Crippen LogP contribution >= 0.6 is 0 Å². The first-order valence-electron chi connectivity index (χ1n) is 5.63. The Morgan fingerprint density at radius 2 is 1.94 bits per heavy atom. The van der Waals surface area contributed by atoms with Crippen LogP contribution in [-0.4, -0.2) is 31.5 Å². The molecule has 2 saturated heterocycles. The summed E-state index contributed by atoms with van der Waals surface area (Å²) in [4.78, 5) is 11.3. The predicted octanol–water partition coefficient (Wildman–Crippen LogP) is 1.22. The third kappa shape index (κ3) is 2.00. The highest BCUT2D eigenvalue weighted by Gasteiger charge is 2.44. The van der Waals surface area contributed by atoms with Gasteiger partial charge in [0, 0.05) is 6.08 Å². The molecular formula is C11H16O4S. The van der Waals surface area contributed by atoms with Gasteiger partial charge < -0.3 is 4.74 Å². The molecule has 0 saturated carbocycles. The van der Waals surface area contributed by atoms with Crippen LogP contribution < -0.4 is 0 Å². The van der Waals surface area contributed by atoms with Gasteiger partial charge in [-0.1, -0.05) is 5.57 Å². The fraction of sp³-hybridized carbons (Fsp3) is 0.727. The first-order valence-corrected chi connectivity index (χ1v) is 7.24. The molecule has 2 aliphatic rings. The highest BCUT2D eigenvalue weighted by Crippen LogP contribution is 2.40. The van der Waals surface area contributed by atoms with Crippen LogP contribution in [0.4, 0.5) is 0 Å². The number of allylic oxidation sites excluding steroid dienone is 1. The molecule has 16 heavy (non-hydrogen) atoms. The van der Waals surface area contributed by atoms with E-state index >= 15 is 0 Å². The van der Waals surface area contributed by atoms with Gasteiger partial charge >= 0.3 is 5.97 Å². The van der Waals surface area contributed by atoms with Crippen molar-refractivity contribution in [2.75, 3.05) is 6.61 Å². The fourth-order valence-electron chi connectivity index (χ4n) is 2.55. The topological polar surface area (TPSA) is 60.4 Å². The molecule has 0 radical (unpaired) electrons. The molecule has 2 bridgehead atoms. The van der Waals surface area contributed by atoms with Crippen molar-refractivity contribution in [1.29, 1.82) is 0 Å². The second kappa shape index (κ2) is 4.20. The first-order chi connectivity index (χ1) is 7.54. The number of ether oxygens (including phenoxy) is 1. The molecule has 5 heteroatoms. The Bertz CT molecular complexity index is 399. The third-order valence-corrected chi connectivity index (χ3v) is 5.99. The number of hydrogen-bond acceptors (Lipinski definition) is 4. The van der Waals surface area contributed by atoms with E-state index in [1.165, 1.54) is 6.08 Å². The maximum atomic E-state index is 11.8. The van der Waals surface area contributed by atoms with E-state index in [9.17, 15) is 13.2 Å². The Kier molecular flexibility index (Phi) is 3.06. The van der Waals surface area contributed by atoms with Crippen LogP contribution in [0.15, 0.2) is 11.6 Å². The van der Waals surface area contributed by atoms with Crippen LogP contribution in [0.5, 0.6) is 0 Å². The molecule has 4 nitrogen and oxygen atoms in total. The summed E-state index contributed by atoms with van der Waals surface area (Å²) in [6, 6.07) is 0. The zero-order valence-electron chi connectivity index (χ0n) is 9.31. The summed E-state index contributed by atoms with van der Waals surface area (Å²) in [7, 11) is -2.90. The van der Waals surface area contributed by atoms with Crippen molar-refractivity contribution in [2.45, 2.75) is 43.1 Å². The Hall–Kier alpha value is -0.840. The van der Waals surface area contributed by atoms with Crippen molar-refractivity contribution >= 4 is 15.8 Å². The standard InChI is InChI=1S/C11H16O4S/c1-2-15-11(12)7-8-5-9-3-4-10(6-8)16(9,13)14/h7,9-10H,2-6H2,1H3. The quantitative estimate of drug-likeness (QED) is 0.541. The minimum Gasteiger partial charge on any atom is -0.463 e. The molecule has 2 fully saturated rings. The third-order valence-electron chi connectivity index (χ3n) is 3.33. The van der Waals surface area contributed by atoms with E-state index in [2.05, 4.69) is 0 Å². The van der Waals surface area contributed by atoms with Crippen LogP contribution in [-0.2, 0) is 19.4 Å². The predicted molar refractivity (Wildman–Crippen MR) is 59.7 cm³/mol. The van der Waals surface area contributed by atoms with Crippen LogP contribution in [0, 0.1) is 0 Å². The molecule has 2 aliphatic heterocycles. The number of esters is 1. The molecule has 2 unspecified atom stereocenters. The summed E-state index contributed by atoms with van der Waals surface area (Å²) >= 11 is 0. The summed E-state index contributed by atoms with van der Waals surface area (Å²) < 4.78 is 28.4. The average molecular weight is 244 g/mol. The van der Waals surface area contributed by atoms with Crippen molar-refractivity contribution < 1.29 is 17.9 Å². The lowest BCUT2D eigenvalue weighted by Gasteiger charge is -2.22. The zero-order chi connectivity index (χ0) is 11.8. The molecule has 0 N–H and O–H groups in total. The zero-order valence-corrected chi connectivity index (χ0v) is 10.1. The van der Waals surface area contributed by atoms with Gasteiger partial charge in [-0.15, -0.1) is 0 Å². The fourth-order valence-corrected chi connectivity index (χ4v) is 4.91. The van der Waals surface area contributed by atoms with Gasteiger partial charge in [0.05, 0.1) is 17.1 Å². The largest absolute Gasteiger partial charge is 0.463 e. The number of fused-ring (bicyclic) bond motifs is 2. The summed E-state index contributed by atoms with van der Waals surface area (Å²) in [6.45, 7) is 2.11. The van der Waals surface area contributed by atoms with Crippen LogP contribution in [0.3, 0.4) is 0 Å². The van der Waals surface area contributed by atoms with Gasteiger partial charge in [0.15, 0.2) is 9.84 Å². The van der Waals surface area contributed by atoms with Gasteiger partial charge in [-0.05, 0) is 32.6 Å². The van der Waals surface area contributed by atoms with E-state index < -0.39 is 9.84 Å². The molecule has 0 aromatic heterocycles. The normalized spacial score (nSPS) is 31.2. The Morgan fingerprint density at radius 1 is 1.38 bits per heavy atom. The maximum Gasteiger partial charge on any atom is 0.330 e. The Balaban J connectivity index is 2.11. The highest BCUT2D eigenvalue weighted by molar-refractivity contribution is 7.93. The van der Waals surface area contributed by atoms with E-state index in [1.807, 2.05) is 0 Å². The molecule has 0 aromatic carbocycles. The average Bonchev–Trinajstić information content (AvgIpc) is 2.40. The molecule has 2 rings (SSSR count). The van der Waals surface area contributed by atoms with E-state index in [4.69, 9.17) is 4.74 Å². The van der Waals surface area contributed by atoms with Gasteiger partial charge in [-0.2, -0.15) is 0 Å². The van der Waals surface area contributed by atoms with Crippen LogP contribution in [0.2, 0.25) is 0 Å². The lowest BCUT2D eigenvalue weighted by Crippen LogP contribution is -2.29. The number of carbonyl (C=O) groups is 1. The van der Waals surface area contributed by atoms with Gasteiger partial charge in [0.25, 0.3) is 0 Å². The molecule has 0 spiro atoms. The smallest absolute Gasteiger partial charge is 0.330 e. The summed E-state index contributed by atoms with van der Waals surface area (Å²) in [6.07, 6.45) is 3.99. The van der Waals surface area contributed by atoms with E-state index in [1.54, 1.807) is 6.92 Å². The van der Waals surface area contributed by atoms with Crippen molar-refractivity contribution in [2.24, 2.45) is 0 Å². The number of sulfone groups is 1. The van der Waals surface area contributed by atoms with Gasteiger partial charge in [0.2, 0.25) is 0 Å². The second-order valence-corrected chi connectivity index (χ2v) is 6.88. The van der Waals surface area contributed by atoms with E-state index in [0.717, 1.165) is 18.4 Å². The van der Waals surface area contributed by atoms with Gasteiger partial charge in [-0.3, -0.25) is 0 Å². The molecular weight excluding hydrogens is 228 g/mol. The minimum atomic E-state index is -2.90.